The van der Waals surface area contributed by atoms with Gasteiger partial charge in [0, 0.05) is 0 Å². The molecule has 0 amide bonds. The summed E-state index contributed by atoms with van der Waals surface area (Å²) < 4.78 is 61.4. The Labute approximate surface area is 103 Å². The van der Waals surface area contributed by atoms with E-state index in [1.807, 2.05) is 0 Å². The lowest BCUT2D eigenvalue weighted by atomic mass is 10.1. The van der Waals surface area contributed by atoms with Crippen LogP contribution in [0.25, 0.3) is 0 Å². The maximum atomic E-state index is 12.7. The van der Waals surface area contributed by atoms with Crippen LogP contribution in [0.3, 0.4) is 0 Å². The number of rotatable bonds is 4. The van der Waals surface area contributed by atoms with E-state index in [1.165, 1.54) is 19.1 Å². The number of hydrogen-bond donors (Lipinski definition) is 1. The molecule has 102 valence electrons. The van der Waals surface area contributed by atoms with Gasteiger partial charge in [-0.3, -0.25) is 0 Å². The fourth-order valence-electron chi connectivity index (χ4n) is 1.40. The molecule has 1 atom stereocenters. The third-order valence-electron chi connectivity index (χ3n) is 2.55. The Morgan fingerprint density at radius 3 is 2.33 bits per heavy atom. The molecule has 18 heavy (non-hydrogen) atoms. The average Bonchev–Trinajstić information content (AvgIpc) is 2.26. The Bertz CT molecular complexity index is 509. The molecule has 0 spiro atoms. The molecule has 0 aliphatic heterocycles. The molecule has 3 nitrogen and oxygen atoms in total. The van der Waals surface area contributed by atoms with Crippen LogP contribution in [0.2, 0.25) is 0 Å². The van der Waals surface area contributed by atoms with Crippen molar-refractivity contribution in [2.75, 3.05) is 6.61 Å². The van der Waals surface area contributed by atoms with Crippen molar-refractivity contribution in [3.05, 3.63) is 35.4 Å². The Morgan fingerprint density at radius 2 is 1.83 bits per heavy atom. The highest BCUT2D eigenvalue weighted by Gasteiger charge is 2.34. The highest BCUT2D eigenvalue weighted by atomic mass is 32.2. The van der Waals surface area contributed by atoms with Gasteiger partial charge in [-0.05, 0) is 18.6 Å². The summed E-state index contributed by atoms with van der Waals surface area (Å²) in [4.78, 5) is 0. The quantitative estimate of drug-likeness (QED) is 0.919. The van der Waals surface area contributed by atoms with Gasteiger partial charge in [0.25, 0.3) is 0 Å². The normalized spacial score (nSPS) is 14.5. The number of aliphatic hydroxyl groups excluding tert-OH is 1. The van der Waals surface area contributed by atoms with Gasteiger partial charge in [0.2, 0.25) is 0 Å². The first-order valence-electron chi connectivity index (χ1n) is 5.16. The van der Waals surface area contributed by atoms with Crippen LogP contribution in [0.1, 0.15) is 18.1 Å². The molecule has 0 aliphatic rings. The molecule has 0 fully saturated rings. The average molecular weight is 282 g/mol. The molecule has 1 rings (SSSR count). The minimum absolute atomic E-state index is 0.301. The van der Waals surface area contributed by atoms with Crippen LogP contribution in [-0.4, -0.2) is 25.4 Å². The van der Waals surface area contributed by atoms with Crippen molar-refractivity contribution in [1.82, 2.24) is 0 Å². The van der Waals surface area contributed by atoms with Gasteiger partial charge >= 0.3 is 6.18 Å². The topological polar surface area (TPSA) is 54.4 Å². The van der Waals surface area contributed by atoms with Gasteiger partial charge in [0.15, 0.2) is 9.84 Å². The van der Waals surface area contributed by atoms with E-state index in [0.717, 1.165) is 12.1 Å². The molecule has 0 saturated heterocycles. The number of alkyl halides is 3. The van der Waals surface area contributed by atoms with Gasteiger partial charge in [-0.25, -0.2) is 8.42 Å². The number of aliphatic hydroxyl groups is 1. The van der Waals surface area contributed by atoms with Crippen molar-refractivity contribution >= 4 is 9.84 Å². The standard InChI is InChI=1S/C11H13F3O3S/c1-8(6-15)18(16,17)7-9-4-2-3-5-10(9)11(12,13)14/h2-5,8,15H,6-7H2,1H3. The van der Waals surface area contributed by atoms with Gasteiger partial charge in [-0.2, -0.15) is 13.2 Å². The highest BCUT2D eigenvalue weighted by molar-refractivity contribution is 7.91. The minimum atomic E-state index is -4.59. The molecular weight excluding hydrogens is 269 g/mol. The first kappa shape index (κ1) is 15.0. The number of hydrogen-bond acceptors (Lipinski definition) is 3. The van der Waals surface area contributed by atoms with E-state index >= 15 is 0 Å². The third kappa shape index (κ3) is 3.46. The smallest absolute Gasteiger partial charge is 0.395 e. The maximum Gasteiger partial charge on any atom is 0.416 e. The Morgan fingerprint density at radius 1 is 1.28 bits per heavy atom. The van der Waals surface area contributed by atoms with E-state index in [-0.39, 0.29) is 5.56 Å². The summed E-state index contributed by atoms with van der Waals surface area (Å²) in [5, 5.41) is 7.69. The van der Waals surface area contributed by atoms with E-state index in [0.29, 0.717) is 0 Å². The van der Waals surface area contributed by atoms with Crippen LogP contribution in [0.4, 0.5) is 13.2 Å². The summed E-state index contributed by atoms with van der Waals surface area (Å²) >= 11 is 0. The van der Waals surface area contributed by atoms with Gasteiger partial charge in [-0.1, -0.05) is 18.2 Å². The molecule has 0 saturated carbocycles. The van der Waals surface area contributed by atoms with E-state index in [2.05, 4.69) is 0 Å². The number of benzene rings is 1. The molecule has 0 aromatic heterocycles. The van der Waals surface area contributed by atoms with Crippen molar-refractivity contribution < 1.29 is 26.7 Å². The predicted octanol–water partition coefficient (Wildman–Crippen LogP) is 2.00. The van der Waals surface area contributed by atoms with Crippen molar-refractivity contribution in [3.8, 4) is 0 Å². The third-order valence-corrected chi connectivity index (χ3v) is 4.64. The second-order valence-electron chi connectivity index (χ2n) is 3.96. The van der Waals surface area contributed by atoms with Crippen molar-refractivity contribution in [1.29, 1.82) is 0 Å². The van der Waals surface area contributed by atoms with E-state index < -0.39 is 39.2 Å². The fraction of sp³-hybridized carbons (Fsp3) is 0.455. The molecule has 0 aliphatic carbocycles. The van der Waals surface area contributed by atoms with Crippen LogP contribution < -0.4 is 0 Å². The largest absolute Gasteiger partial charge is 0.416 e. The maximum absolute atomic E-state index is 12.7. The SMILES string of the molecule is CC(CO)S(=O)(=O)Cc1ccccc1C(F)(F)F. The molecule has 0 bridgehead atoms. The van der Waals surface area contributed by atoms with Gasteiger partial charge in [0.1, 0.15) is 0 Å². The van der Waals surface area contributed by atoms with Gasteiger partial charge in [0.05, 0.1) is 23.2 Å². The molecule has 7 heteroatoms. The first-order valence-corrected chi connectivity index (χ1v) is 6.87. The van der Waals surface area contributed by atoms with Crippen LogP contribution in [0, 0.1) is 0 Å². The summed E-state index contributed by atoms with van der Waals surface area (Å²) in [7, 11) is -3.80. The second-order valence-corrected chi connectivity index (χ2v) is 6.37. The first-order chi connectivity index (χ1) is 8.18. The molecule has 1 N–H and O–H groups in total. The molecule has 1 aromatic rings. The Kier molecular flexibility index (Phi) is 4.39. The summed E-state index contributed by atoms with van der Waals surface area (Å²) in [5.41, 5.74) is -1.26. The van der Waals surface area contributed by atoms with Crippen molar-refractivity contribution in [2.24, 2.45) is 0 Å². The number of sulfone groups is 1. The fourth-order valence-corrected chi connectivity index (χ4v) is 2.59. The zero-order chi connectivity index (χ0) is 14.0. The van der Waals surface area contributed by atoms with Gasteiger partial charge < -0.3 is 5.11 Å². The predicted molar refractivity (Wildman–Crippen MR) is 60.6 cm³/mol. The lowest BCUT2D eigenvalue weighted by molar-refractivity contribution is -0.138. The lowest BCUT2D eigenvalue weighted by Gasteiger charge is -2.14. The molecular formula is C11H13F3O3S. The van der Waals surface area contributed by atoms with Crippen molar-refractivity contribution in [2.45, 2.75) is 24.1 Å². The van der Waals surface area contributed by atoms with Crippen molar-refractivity contribution in [3.63, 3.8) is 0 Å². The Hall–Kier alpha value is -1.08. The van der Waals surface area contributed by atoms with Crippen LogP contribution >= 0.6 is 0 Å². The number of halogens is 3. The molecule has 1 aromatic carbocycles. The summed E-state index contributed by atoms with van der Waals surface area (Å²) in [6.07, 6.45) is -4.59. The van der Waals surface area contributed by atoms with Crippen LogP contribution in [0.15, 0.2) is 24.3 Å². The van der Waals surface area contributed by atoms with E-state index in [9.17, 15) is 21.6 Å². The van der Waals surface area contributed by atoms with Gasteiger partial charge in [-0.15, -0.1) is 0 Å². The molecule has 1 unspecified atom stereocenters. The monoisotopic (exact) mass is 282 g/mol. The summed E-state index contributed by atoms with van der Waals surface area (Å²) in [6, 6.07) is 4.52. The molecule has 0 heterocycles. The van der Waals surface area contributed by atoms with E-state index in [1.54, 1.807) is 0 Å². The minimum Gasteiger partial charge on any atom is -0.395 e. The van der Waals surface area contributed by atoms with Crippen LogP contribution in [0.5, 0.6) is 0 Å². The van der Waals surface area contributed by atoms with Crippen LogP contribution in [-0.2, 0) is 21.8 Å². The second kappa shape index (κ2) is 5.27. The highest BCUT2D eigenvalue weighted by Crippen LogP contribution is 2.32. The zero-order valence-electron chi connectivity index (χ0n) is 9.61. The Balaban J connectivity index is 3.14. The lowest BCUT2D eigenvalue weighted by Crippen LogP contribution is -2.24. The summed E-state index contributed by atoms with van der Waals surface area (Å²) in [6.45, 7) is 0.641. The summed E-state index contributed by atoms with van der Waals surface area (Å²) in [5.74, 6) is -0.732. The molecule has 0 radical (unpaired) electrons. The van der Waals surface area contributed by atoms with E-state index in [4.69, 9.17) is 5.11 Å². The zero-order valence-corrected chi connectivity index (χ0v) is 10.4.